The molecule has 0 radical (unpaired) electrons. The normalized spacial score (nSPS) is 17.2. The first-order valence-corrected chi connectivity index (χ1v) is 13.5. The van der Waals surface area contributed by atoms with Crippen molar-refractivity contribution in [1.82, 2.24) is 15.2 Å². The van der Waals surface area contributed by atoms with E-state index in [-0.39, 0.29) is 17.8 Å². The Balaban J connectivity index is 1.24. The maximum Gasteiger partial charge on any atom is 0.302 e. The number of hydrogen-bond donors (Lipinski definition) is 3. The molecule has 0 saturated carbocycles. The predicted octanol–water partition coefficient (Wildman–Crippen LogP) is 4.98. The number of allylic oxidation sites excluding steroid dienone is 1. The lowest BCUT2D eigenvalue weighted by molar-refractivity contribution is -0.113. The van der Waals surface area contributed by atoms with E-state index in [0.29, 0.717) is 76.5 Å². The van der Waals surface area contributed by atoms with Crippen LogP contribution in [0.1, 0.15) is 28.9 Å². The van der Waals surface area contributed by atoms with Gasteiger partial charge in [-0.3, -0.25) is 14.9 Å². The standard InChI is InChI=1S/C30H27ClN6O4/c1-18-25(27(38)33-20-12-10-19(11-13-20)28(39)37-14-16-40-17-15-37)26(21-6-2-3-7-22(21)31)35-29(32-18)36-30-34-23-8-4-5-9-24(23)41-30/h2-13,26H,14-17H2,1H3,(H,33,38)(H2,32,34,35,36). The van der Waals surface area contributed by atoms with Gasteiger partial charge < -0.3 is 24.7 Å². The number of fused-ring (bicyclic) bond motifs is 1. The summed E-state index contributed by atoms with van der Waals surface area (Å²) < 4.78 is 11.1. The molecule has 4 aromatic rings. The monoisotopic (exact) mass is 570 g/mol. The Morgan fingerprint density at radius 2 is 1.73 bits per heavy atom. The number of carbonyl (C=O) groups excluding carboxylic acids is 2. The third-order valence-electron chi connectivity index (χ3n) is 6.89. The minimum Gasteiger partial charge on any atom is -0.423 e. The van der Waals surface area contributed by atoms with Gasteiger partial charge in [0.2, 0.25) is 5.96 Å². The first-order valence-electron chi connectivity index (χ1n) is 13.2. The highest BCUT2D eigenvalue weighted by atomic mass is 35.5. The van der Waals surface area contributed by atoms with E-state index in [1.807, 2.05) is 42.5 Å². The summed E-state index contributed by atoms with van der Waals surface area (Å²) in [6, 6.07) is 21.1. The van der Waals surface area contributed by atoms with Crippen LogP contribution in [0.15, 0.2) is 93.5 Å². The van der Waals surface area contributed by atoms with Gasteiger partial charge in [-0.05, 0) is 49.4 Å². The van der Waals surface area contributed by atoms with E-state index in [0.717, 1.165) is 0 Å². The summed E-state index contributed by atoms with van der Waals surface area (Å²) in [7, 11) is 0. The number of oxazole rings is 1. The van der Waals surface area contributed by atoms with Crippen LogP contribution in [0.2, 0.25) is 5.02 Å². The van der Waals surface area contributed by atoms with Crippen molar-refractivity contribution in [3.8, 4) is 0 Å². The molecule has 1 atom stereocenters. The minimum absolute atomic E-state index is 0.0618. The molecule has 41 heavy (non-hydrogen) atoms. The number of hydrogen-bond acceptors (Lipinski definition) is 8. The molecule has 3 aromatic carbocycles. The largest absolute Gasteiger partial charge is 0.423 e. The fourth-order valence-corrected chi connectivity index (χ4v) is 5.07. The van der Waals surface area contributed by atoms with E-state index in [2.05, 4.69) is 20.9 Å². The molecule has 1 aromatic heterocycles. The molecular weight excluding hydrogens is 544 g/mol. The number of halogens is 1. The molecule has 0 spiro atoms. The number of nitrogens with zero attached hydrogens (tertiary/aromatic N) is 3. The summed E-state index contributed by atoms with van der Waals surface area (Å²) in [6.45, 7) is 3.98. The van der Waals surface area contributed by atoms with Crippen molar-refractivity contribution in [2.75, 3.05) is 36.9 Å². The summed E-state index contributed by atoms with van der Waals surface area (Å²) in [4.78, 5) is 37.5. The lowest BCUT2D eigenvalue weighted by Crippen LogP contribution is -2.40. The van der Waals surface area contributed by atoms with Crippen molar-refractivity contribution in [2.24, 2.45) is 4.99 Å². The number of anilines is 2. The molecule has 2 aliphatic heterocycles. The van der Waals surface area contributed by atoms with Crippen LogP contribution >= 0.6 is 11.6 Å². The molecule has 1 saturated heterocycles. The molecule has 2 amide bonds. The van der Waals surface area contributed by atoms with Gasteiger partial charge in [-0.15, -0.1) is 0 Å². The van der Waals surface area contributed by atoms with Gasteiger partial charge in [0.15, 0.2) is 5.58 Å². The van der Waals surface area contributed by atoms with Gasteiger partial charge in [-0.1, -0.05) is 41.9 Å². The van der Waals surface area contributed by atoms with Crippen LogP contribution in [0.3, 0.4) is 0 Å². The number of nitrogens with one attached hydrogen (secondary N) is 3. The molecular formula is C30H27ClN6O4. The Bertz CT molecular complexity index is 1640. The Morgan fingerprint density at radius 3 is 2.49 bits per heavy atom. The second-order valence-electron chi connectivity index (χ2n) is 9.61. The van der Waals surface area contributed by atoms with Crippen molar-refractivity contribution in [3.63, 3.8) is 0 Å². The van der Waals surface area contributed by atoms with E-state index < -0.39 is 6.04 Å². The zero-order valence-electron chi connectivity index (χ0n) is 22.2. The van der Waals surface area contributed by atoms with Crippen LogP contribution in [0.25, 0.3) is 11.1 Å². The van der Waals surface area contributed by atoms with E-state index in [9.17, 15) is 9.59 Å². The van der Waals surface area contributed by atoms with Crippen LogP contribution in [0, 0.1) is 0 Å². The number of morpholine rings is 1. The summed E-state index contributed by atoms with van der Waals surface area (Å²) in [5.74, 6) is -0.0494. The second-order valence-corrected chi connectivity index (χ2v) is 10.0. The molecule has 11 heteroatoms. The molecule has 6 rings (SSSR count). The number of aliphatic imine (C=N–C) groups is 1. The molecule has 2 aliphatic rings. The number of guanidine groups is 1. The molecule has 0 aliphatic carbocycles. The molecule has 0 bridgehead atoms. The smallest absolute Gasteiger partial charge is 0.302 e. The lowest BCUT2D eigenvalue weighted by Gasteiger charge is -2.27. The van der Waals surface area contributed by atoms with Crippen molar-refractivity contribution < 1.29 is 18.7 Å². The third kappa shape index (κ3) is 5.65. The van der Waals surface area contributed by atoms with Crippen LogP contribution in [-0.4, -0.2) is 54.0 Å². The predicted molar refractivity (Wildman–Crippen MR) is 157 cm³/mol. The topological polar surface area (TPSA) is 121 Å². The summed E-state index contributed by atoms with van der Waals surface area (Å²) in [5, 5.41) is 9.66. The first-order chi connectivity index (χ1) is 20.0. The maximum atomic E-state index is 13.7. The Labute approximate surface area is 241 Å². The zero-order valence-corrected chi connectivity index (χ0v) is 22.9. The molecule has 1 unspecified atom stereocenters. The quantitative estimate of drug-likeness (QED) is 0.309. The second kappa shape index (κ2) is 11.4. The highest BCUT2D eigenvalue weighted by molar-refractivity contribution is 6.31. The van der Waals surface area contributed by atoms with Crippen LogP contribution < -0.4 is 16.0 Å². The minimum atomic E-state index is -0.709. The summed E-state index contributed by atoms with van der Waals surface area (Å²) in [5.41, 5.74) is 4.09. The van der Waals surface area contributed by atoms with Crippen LogP contribution in [0.5, 0.6) is 0 Å². The number of rotatable bonds is 5. The maximum absolute atomic E-state index is 13.7. The highest BCUT2D eigenvalue weighted by Crippen LogP contribution is 2.35. The number of carbonyl (C=O) groups is 2. The average molecular weight is 571 g/mol. The van der Waals surface area contributed by atoms with Crippen LogP contribution in [-0.2, 0) is 9.53 Å². The van der Waals surface area contributed by atoms with Gasteiger partial charge in [0.05, 0.1) is 18.8 Å². The summed E-state index contributed by atoms with van der Waals surface area (Å²) >= 11 is 6.57. The van der Waals surface area contributed by atoms with Crippen molar-refractivity contribution in [3.05, 3.63) is 100 Å². The van der Waals surface area contributed by atoms with Crippen molar-refractivity contribution in [2.45, 2.75) is 13.0 Å². The first kappa shape index (κ1) is 26.5. The number of benzene rings is 3. The number of aromatic nitrogens is 1. The summed E-state index contributed by atoms with van der Waals surface area (Å²) in [6.07, 6.45) is 0. The van der Waals surface area contributed by atoms with Gasteiger partial charge in [-0.25, -0.2) is 4.99 Å². The van der Waals surface area contributed by atoms with Gasteiger partial charge in [0.1, 0.15) is 11.6 Å². The van der Waals surface area contributed by atoms with Crippen LogP contribution in [0.4, 0.5) is 11.7 Å². The van der Waals surface area contributed by atoms with E-state index in [1.165, 1.54) is 0 Å². The van der Waals surface area contributed by atoms with Gasteiger partial charge in [0.25, 0.3) is 11.8 Å². The van der Waals surface area contributed by atoms with E-state index >= 15 is 0 Å². The highest BCUT2D eigenvalue weighted by Gasteiger charge is 2.31. The lowest BCUT2D eigenvalue weighted by atomic mass is 9.95. The third-order valence-corrected chi connectivity index (χ3v) is 7.24. The Kier molecular flexibility index (Phi) is 7.41. The van der Waals surface area contributed by atoms with E-state index in [1.54, 1.807) is 42.2 Å². The Hall–Kier alpha value is -4.67. The average Bonchev–Trinajstić information content (AvgIpc) is 3.40. The molecule has 3 heterocycles. The van der Waals surface area contributed by atoms with Crippen molar-refractivity contribution >= 4 is 52.2 Å². The number of ether oxygens (including phenoxy) is 1. The van der Waals surface area contributed by atoms with Crippen molar-refractivity contribution in [1.29, 1.82) is 0 Å². The fraction of sp³-hybridized carbons (Fsp3) is 0.200. The van der Waals surface area contributed by atoms with E-state index in [4.69, 9.17) is 25.7 Å². The number of para-hydroxylation sites is 2. The molecule has 1 fully saturated rings. The fourth-order valence-electron chi connectivity index (χ4n) is 4.83. The number of amides is 2. The molecule has 3 N–H and O–H groups in total. The van der Waals surface area contributed by atoms with Gasteiger partial charge >= 0.3 is 6.01 Å². The zero-order chi connectivity index (χ0) is 28.3. The SMILES string of the molecule is CC1=C(C(=O)Nc2ccc(C(=O)N3CCOCC3)cc2)C(c2ccccc2Cl)N=C(Nc2nc3ccccc3o2)N1. The van der Waals surface area contributed by atoms with Gasteiger partial charge in [-0.2, -0.15) is 4.98 Å². The van der Waals surface area contributed by atoms with Gasteiger partial charge in [0, 0.05) is 40.6 Å². The molecule has 208 valence electrons. The molecule has 10 nitrogen and oxygen atoms in total. The Morgan fingerprint density at radius 1 is 1.00 bits per heavy atom.